The highest BCUT2D eigenvalue weighted by atomic mass is 19.1. The Labute approximate surface area is 241 Å². The van der Waals surface area contributed by atoms with Crippen molar-refractivity contribution in [2.24, 2.45) is 0 Å². The predicted octanol–water partition coefficient (Wildman–Crippen LogP) is 4.04. The number of anilines is 1. The molecule has 13 heteroatoms. The topological polar surface area (TPSA) is 139 Å². The van der Waals surface area contributed by atoms with Gasteiger partial charge < -0.3 is 34.7 Å². The Morgan fingerprint density at radius 2 is 1.93 bits per heavy atom. The summed E-state index contributed by atoms with van der Waals surface area (Å²) in [7, 11) is 1.34. The van der Waals surface area contributed by atoms with Crippen LogP contribution in [-0.2, 0) is 9.53 Å². The van der Waals surface area contributed by atoms with E-state index < -0.39 is 58.8 Å². The van der Waals surface area contributed by atoms with Crippen molar-refractivity contribution in [1.29, 1.82) is 0 Å². The monoisotopic (exact) mass is 590 g/mol. The minimum Gasteiger partial charge on any atom is -0.492 e. The molecule has 1 aromatic carbocycles. The van der Waals surface area contributed by atoms with E-state index in [2.05, 4.69) is 10.6 Å². The number of carboxylic acid groups (broad SMARTS) is 1. The van der Waals surface area contributed by atoms with Crippen molar-refractivity contribution < 1.29 is 37.7 Å². The van der Waals surface area contributed by atoms with Gasteiger partial charge in [0.25, 0.3) is 0 Å². The molecule has 1 atom stereocenters. The molecule has 2 aliphatic rings. The van der Waals surface area contributed by atoms with Crippen LogP contribution >= 0.6 is 0 Å². The summed E-state index contributed by atoms with van der Waals surface area (Å²) >= 11 is 0. The van der Waals surface area contributed by atoms with E-state index in [4.69, 9.17) is 9.47 Å². The van der Waals surface area contributed by atoms with Gasteiger partial charge in [-0.05, 0) is 65.0 Å². The van der Waals surface area contributed by atoms with Crippen molar-refractivity contribution in [2.75, 3.05) is 31.6 Å². The Balaban J connectivity index is 1.58. The van der Waals surface area contributed by atoms with Gasteiger partial charge in [0, 0.05) is 25.3 Å². The van der Waals surface area contributed by atoms with Crippen LogP contribution in [0.1, 0.15) is 69.8 Å². The number of rotatable bonds is 8. The van der Waals surface area contributed by atoms with Gasteiger partial charge in [0.05, 0.1) is 24.6 Å². The Bertz CT molecular complexity index is 1510. The van der Waals surface area contributed by atoms with E-state index in [1.807, 2.05) is 0 Å². The first-order valence-electron chi connectivity index (χ1n) is 13.8. The van der Waals surface area contributed by atoms with Crippen LogP contribution in [0.15, 0.2) is 28.5 Å². The van der Waals surface area contributed by atoms with E-state index in [-0.39, 0.29) is 29.4 Å². The van der Waals surface area contributed by atoms with Crippen molar-refractivity contribution in [3.63, 3.8) is 0 Å². The van der Waals surface area contributed by atoms with Gasteiger partial charge in [0.15, 0.2) is 11.6 Å². The molecule has 1 aromatic heterocycles. The van der Waals surface area contributed by atoms with Gasteiger partial charge in [0.2, 0.25) is 11.3 Å². The Kier molecular flexibility index (Phi) is 8.79. The normalized spacial score (nSPS) is 17.5. The Morgan fingerprint density at radius 1 is 1.24 bits per heavy atom. The van der Waals surface area contributed by atoms with Gasteiger partial charge in [-0.2, -0.15) is 0 Å². The molecule has 2 heterocycles. The maximum Gasteiger partial charge on any atom is 0.408 e. The summed E-state index contributed by atoms with van der Waals surface area (Å²) in [5.41, 5.74) is -1.31. The second kappa shape index (κ2) is 12.0. The van der Waals surface area contributed by atoms with Crippen molar-refractivity contribution in [2.45, 2.75) is 71.1 Å². The number of halogens is 2. The molecule has 0 radical (unpaired) electrons. The van der Waals surface area contributed by atoms with Crippen LogP contribution in [0.5, 0.6) is 5.75 Å². The molecule has 2 fully saturated rings. The molecule has 2 aromatic rings. The number of alkyl carbamates (subject to hydrolysis) is 1. The summed E-state index contributed by atoms with van der Waals surface area (Å²) in [6.07, 6.45) is 2.91. The molecule has 42 heavy (non-hydrogen) atoms. The molecule has 0 spiro atoms. The molecule has 1 aliphatic carbocycles. The number of carboxylic acids is 1. The fraction of sp³-hybridized carbons (Fsp3) is 0.517. The molecule has 0 bridgehead atoms. The average molecular weight is 591 g/mol. The van der Waals surface area contributed by atoms with Crippen molar-refractivity contribution in [3.8, 4) is 5.75 Å². The highest BCUT2D eigenvalue weighted by Crippen LogP contribution is 2.44. The van der Waals surface area contributed by atoms with Gasteiger partial charge in [0.1, 0.15) is 28.7 Å². The van der Waals surface area contributed by atoms with Crippen LogP contribution in [-0.4, -0.2) is 66.0 Å². The minimum absolute atomic E-state index is 0.00702. The number of carbonyl (C=O) groups excluding carboxylic acids is 2. The summed E-state index contributed by atoms with van der Waals surface area (Å²) in [6.45, 7) is 6.47. The summed E-state index contributed by atoms with van der Waals surface area (Å²) in [4.78, 5) is 50.7. The maximum absolute atomic E-state index is 15.7. The highest BCUT2D eigenvalue weighted by molar-refractivity contribution is 5.97. The smallest absolute Gasteiger partial charge is 0.408 e. The summed E-state index contributed by atoms with van der Waals surface area (Å²) in [5.74, 6) is -3.31. The van der Waals surface area contributed by atoms with Gasteiger partial charge in [-0.1, -0.05) is 0 Å². The largest absolute Gasteiger partial charge is 0.492 e. The van der Waals surface area contributed by atoms with E-state index in [1.165, 1.54) is 20.2 Å². The number of carbonyl (C=O) groups is 3. The lowest BCUT2D eigenvalue weighted by Crippen LogP contribution is -2.46. The molecule has 0 unspecified atom stereocenters. The number of amides is 2. The van der Waals surface area contributed by atoms with E-state index in [1.54, 1.807) is 30.2 Å². The van der Waals surface area contributed by atoms with Crippen LogP contribution in [0.2, 0.25) is 0 Å². The molecule has 11 nitrogen and oxygen atoms in total. The number of nitrogens with one attached hydrogen (secondary N) is 2. The SMILES string of the molecule is COc1c(N2CCC/C(=C(\F)CNC(=O)[C@H](C)NC(=O)OC(C)(C)C)C2)c(F)cc2c(=O)c(C(=O)O)cn(C3CC3)c12. The van der Waals surface area contributed by atoms with Crippen molar-refractivity contribution in [1.82, 2.24) is 15.2 Å². The fourth-order valence-electron chi connectivity index (χ4n) is 5.00. The summed E-state index contributed by atoms with van der Waals surface area (Å²) in [6, 6.07) is -0.000253. The number of ether oxygens (including phenoxy) is 2. The quantitative estimate of drug-likeness (QED) is 0.419. The lowest BCUT2D eigenvalue weighted by molar-refractivity contribution is -0.122. The number of piperidine rings is 1. The molecule has 4 rings (SSSR count). The molecule has 228 valence electrons. The van der Waals surface area contributed by atoms with Crippen molar-refractivity contribution in [3.05, 3.63) is 45.3 Å². The number of nitrogens with zero attached hydrogens (tertiary/aromatic N) is 2. The third-order valence-electron chi connectivity index (χ3n) is 7.11. The van der Waals surface area contributed by atoms with Gasteiger partial charge in [-0.25, -0.2) is 18.4 Å². The number of fused-ring (bicyclic) bond motifs is 1. The number of pyridine rings is 1. The zero-order chi connectivity index (χ0) is 30.9. The van der Waals surface area contributed by atoms with E-state index >= 15 is 8.78 Å². The first kappa shape index (κ1) is 30.8. The lowest BCUT2D eigenvalue weighted by Gasteiger charge is -2.33. The second-order valence-corrected chi connectivity index (χ2v) is 11.6. The van der Waals surface area contributed by atoms with Gasteiger partial charge in [-0.3, -0.25) is 9.59 Å². The van der Waals surface area contributed by atoms with Gasteiger partial charge in [-0.15, -0.1) is 0 Å². The second-order valence-electron chi connectivity index (χ2n) is 11.6. The molecule has 2 amide bonds. The number of methoxy groups -OCH3 is 1. The molecule has 1 saturated carbocycles. The standard InChI is InChI=1S/C29H36F2N4O7/c1-15(33-28(40)42-29(2,3)4)26(37)32-12-21(31)16-7-6-10-34(13-16)23-20(30)11-18-22(25(23)41-5)35(17-8-9-17)14-19(24(18)36)27(38)39/h11,14-15,17H,6-10,12-13H2,1-5H3,(H,32,37)(H,33,40)(H,38,39)/b21-16+/t15-/m0/s1. The van der Waals surface area contributed by atoms with Crippen LogP contribution < -0.4 is 25.7 Å². The number of aromatic nitrogens is 1. The van der Waals surface area contributed by atoms with E-state index in [0.717, 1.165) is 18.9 Å². The van der Waals surface area contributed by atoms with Crippen LogP contribution in [0, 0.1) is 5.82 Å². The Morgan fingerprint density at radius 3 is 2.52 bits per heavy atom. The van der Waals surface area contributed by atoms with E-state index in [0.29, 0.717) is 30.5 Å². The molecular formula is C29H36F2N4O7. The first-order valence-corrected chi connectivity index (χ1v) is 13.8. The predicted molar refractivity (Wildman–Crippen MR) is 151 cm³/mol. The molecular weight excluding hydrogens is 554 g/mol. The fourth-order valence-corrected chi connectivity index (χ4v) is 5.00. The number of hydrogen-bond acceptors (Lipinski definition) is 7. The van der Waals surface area contributed by atoms with Crippen LogP contribution in [0.25, 0.3) is 10.9 Å². The minimum atomic E-state index is -1.40. The number of benzene rings is 1. The van der Waals surface area contributed by atoms with Crippen LogP contribution in [0.4, 0.5) is 19.3 Å². The number of hydrogen-bond donors (Lipinski definition) is 3. The highest BCUT2D eigenvalue weighted by Gasteiger charge is 2.32. The number of aromatic carboxylic acids is 1. The maximum atomic E-state index is 15.7. The molecule has 1 aliphatic heterocycles. The summed E-state index contributed by atoms with van der Waals surface area (Å²) in [5, 5.41) is 14.3. The zero-order valence-electron chi connectivity index (χ0n) is 24.3. The molecule has 3 N–H and O–H groups in total. The van der Waals surface area contributed by atoms with Crippen LogP contribution in [0.3, 0.4) is 0 Å². The van der Waals surface area contributed by atoms with Gasteiger partial charge >= 0.3 is 12.1 Å². The third-order valence-corrected chi connectivity index (χ3v) is 7.11. The Hall–Kier alpha value is -4.16. The summed E-state index contributed by atoms with van der Waals surface area (Å²) < 4.78 is 43.4. The average Bonchev–Trinajstić information content (AvgIpc) is 3.75. The van der Waals surface area contributed by atoms with Crippen molar-refractivity contribution >= 4 is 34.6 Å². The first-order chi connectivity index (χ1) is 19.7. The molecule has 1 saturated heterocycles. The zero-order valence-corrected chi connectivity index (χ0v) is 24.3. The third kappa shape index (κ3) is 6.66. The van der Waals surface area contributed by atoms with E-state index in [9.17, 15) is 24.3 Å². The lowest BCUT2D eigenvalue weighted by atomic mass is 10.0.